The smallest absolute Gasteiger partial charge is 0.416 e. The highest BCUT2D eigenvalue weighted by Crippen LogP contribution is 2.30. The summed E-state index contributed by atoms with van der Waals surface area (Å²) >= 11 is 5.44. The predicted octanol–water partition coefficient (Wildman–Crippen LogP) is 5.09. The molecule has 8 heteroatoms. The highest BCUT2D eigenvalue weighted by Gasteiger charge is 2.30. The van der Waals surface area contributed by atoms with Crippen LogP contribution in [0.1, 0.15) is 16.9 Å². The molecule has 2 aromatic heterocycles. The number of anilines is 1. The molecule has 140 valence electrons. The van der Waals surface area contributed by atoms with E-state index >= 15 is 0 Å². The van der Waals surface area contributed by atoms with Gasteiger partial charge in [-0.2, -0.15) is 13.2 Å². The number of rotatable bonds is 5. The Bertz CT molecular complexity index is 883. The van der Waals surface area contributed by atoms with Gasteiger partial charge in [0.15, 0.2) is 5.11 Å². The highest BCUT2D eigenvalue weighted by atomic mass is 32.1. The van der Waals surface area contributed by atoms with Crippen molar-refractivity contribution in [2.45, 2.75) is 19.3 Å². The molecule has 3 rings (SSSR count). The monoisotopic (exact) mass is 391 g/mol. The highest BCUT2D eigenvalue weighted by molar-refractivity contribution is 7.80. The van der Waals surface area contributed by atoms with Gasteiger partial charge in [-0.05, 0) is 54.2 Å². The molecule has 2 heterocycles. The third-order valence-electron chi connectivity index (χ3n) is 3.75. The molecule has 3 aromatic rings. The standard InChI is InChI=1S/C19H16F3N3OS/c20-19(21,22)15-5-1-6-16(10-15)24-18(27)25(13-17-7-3-9-26-17)12-14-4-2-8-23-11-14/h1-11H,12-13H2,(H,24,27). The summed E-state index contributed by atoms with van der Waals surface area (Å²) in [5.74, 6) is 0.687. The molecule has 1 N–H and O–H groups in total. The molecule has 0 aliphatic carbocycles. The lowest BCUT2D eigenvalue weighted by molar-refractivity contribution is -0.137. The van der Waals surface area contributed by atoms with Gasteiger partial charge < -0.3 is 14.6 Å². The SMILES string of the molecule is FC(F)(F)c1cccc(NC(=S)N(Cc2cccnc2)Cc2ccco2)c1. The van der Waals surface area contributed by atoms with Crippen LogP contribution < -0.4 is 5.32 Å². The Kier molecular flexibility index (Phi) is 5.75. The molecular formula is C19H16F3N3OS. The number of thiocarbonyl (C=S) groups is 1. The van der Waals surface area contributed by atoms with Gasteiger partial charge in [0.2, 0.25) is 0 Å². The van der Waals surface area contributed by atoms with Crippen molar-refractivity contribution in [3.63, 3.8) is 0 Å². The zero-order valence-corrected chi connectivity index (χ0v) is 14.9. The Morgan fingerprint density at radius 1 is 1.11 bits per heavy atom. The predicted molar refractivity (Wildman–Crippen MR) is 99.9 cm³/mol. The van der Waals surface area contributed by atoms with E-state index in [-0.39, 0.29) is 10.8 Å². The number of nitrogens with one attached hydrogen (secondary N) is 1. The Balaban J connectivity index is 1.78. The van der Waals surface area contributed by atoms with Crippen LogP contribution in [0, 0.1) is 0 Å². The van der Waals surface area contributed by atoms with Crippen molar-refractivity contribution < 1.29 is 17.6 Å². The number of aromatic nitrogens is 1. The third kappa shape index (κ3) is 5.30. The summed E-state index contributed by atoms with van der Waals surface area (Å²) in [5, 5.41) is 3.17. The van der Waals surface area contributed by atoms with Gasteiger partial charge in [-0.1, -0.05) is 12.1 Å². The average Bonchev–Trinajstić information content (AvgIpc) is 3.15. The summed E-state index contributed by atoms with van der Waals surface area (Å²) < 4.78 is 44.1. The summed E-state index contributed by atoms with van der Waals surface area (Å²) in [7, 11) is 0. The van der Waals surface area contributed by atoms with Gasteiger partial charge in [-0.15, -0.1) is 0 Å². The minimum Gasteiger partial charge on any atom is -0.467 e. The maximum absolute atomic E-state index is 12.9. The van der Waals surface area contributed by atoms with Gasteiger partial charge in [-0.3, -0.25) is 4.98 Å². The topological polar surface area (TPSA) is 41.3 Å². The molecule has 0 radical (unpaired) electrons. The molecule has 0 spiro atoms. The van der Waals surface area contributed by atoms with Gasteiger partial charge in [0.05, 0.1) is 18.4 Å². The van der Waals surface area contributed by atoms with Crippen molar-refractivity contribution in [2.24, 2.45) is 0 Å². The average molecular weight is 391 g/mol. The van der Waals surface area contributed by atoms with Gasteiger partial charge in [-0.25, -0.2) is 0 Å². The number of benzene rings is 1. The van der Waals surface area contributed by atoms with E-state index in [1.54, 1.807) is 29.6 Å². The second-order valence-corrected chi connectivity index (χ2v) is 6.19. The first-order valence-electron chi connectivity index (χ1n) is 8.06. The summed E-state index contributed by atoms with van der Waals surface area (Å²) in [6, 6.07) is 12.2. The van der Waals surface area contributed by atoms with Crippen LogP contribution in [0.5, 0.6) is 0 Å². The minimum absolute atomic E-state index is 0.269. The largest absolute Gasteiger partial charge is 0.467 e. The first kappa shape index (κ1) is 18.9. The van der Waals surface area contributed by atoms with E-state index in [0.717, 1.165) is 17.7 Å². The molecule has 0 bridgehead atoms. The number of furan rings is 1. The van der Waals surface area contributed by atoms with E-state index < -0.39 is 11.7 Å². The molecule has 0 amide bonds. The van der Waals surface area contributed by atoms with E-state index in [0.29, 0.717) is 18.8 Å². The van der Waals surface area contributed by atoms with E-state index in [1.807, 2.05) is 18.2 Å². The van der Waals surface area contributed by atoms with Crippen LogP contribution >= 0.6 is 12.2 Å². The van der Waals surface area contributed by atoms with Gasteiger partial charge >= 0.3 is 6.18 Å². The molecule has 0 fully saturated rings. The Labute approximate surface area is 159 Å². The van der Waals surface area contributed by atoms with E-state index in [1.165, 1.54) is 12.1 Å². The number of hydrogen-bond donors (Lipinski definition) is 1. The summed E-state index contributed by atoms with van der Waals surface area (Å²) in [5.41, 5.74) is 0.447. The number of halogens is 3. The van der Waals surface area contributed by atoms with Crippen molar-refractivity contribution in [3.8, 4) is 0 Å². The number of pyridine rings is 1. The van der Waals surface area contributed by atoms with E-state index in [4.69, 9.17) is 16.6 Å². The minimum atomic E-state index is -4.41. The zero-order chi connectivity index (χ0) is 19.3. The zero-order valence-electron chi connectivity index (χ0n) is 14.1. The molecule has 0 saturated heterocycles. The summed E-state index contributed by atoms with van der Waals surface area (Å²) in [6.45, 7) is 0.798. The molecule has 0 atom stereocenters. The first-order chi connectivity index (χ1) is 12.9. The van der Waals surface area contributed by atoms with Crippen LogP contribution in [-0.2, 0) is 19.3 Å². The van der Waals surface area contributed by atoms with Crippen LogP contribution in [0.25, 0.3) is 0 Å². The fourth-order valence-corrected chi connectivity index (χ4v) is 2.72. The number of hydrogen-bond acceptors (Lipinski definition) is 3. The molecule has 0 unspecified atom stereocenters. The van der Waals surface area contributed by atoms with Crippen molar-refractivity contribution in [3.05, 3.63) is 84.1 Å². The molecule has 0 aliphatic rings. The van der Waals surface area contributed by atoms with Crippen LogP contribution in [0.15, 0.2) is 71.6 Å². The lowest BCUT2D eigenvalue weighted by Gasteiger charge is -2.25. The van der Waals surface area contributed by atoms with Crippen molar-refractivity contribution in [1.29, 1.82) is 0 Å². The molecule has 4 nitrogen and oxygen atoms in total. The lowest BCUT2D eigenvalue weighted by Crippen LogP contribution is -2.33. The van der Waals surface area contributed by atoms with Gasteiger partial charge in [0.1, 0.15) is 5.76 Å². The summed E-state index contributed by atoms with van der Waals surface area (Å²) in [4.78, 5) is 5.88. The molecule has 27 heavy (non-hydrogen) atoms. The van der Waals surface area contributed by atoms with Crippen molar-refractivity contribution in [1.82, 2.24) is 9.88 Å². The van der Waals surface area contributed by atoms with Crippen LogP contribution in [0.4, 0.5) is 18.9 Å². The fourth-order valence-electron chi connectivity index (χ4n) is 2.48. The molecule has 0 aliphatic heterocycles. The number of alkyl halides is 3. The van der Waals surface area contributed by atoms with Gasteiger partial charge in [0.25, 0.3) is 0 Å². The Hall–Kier alpha value is -2.87. The third-order valence-corrected chi connectivity index (χ3v) is 4.11. The van der Waals surface area contributed by atoms with Crippen molar-refractivity contribution >= 4 is 23.0 Å². The Morgan fingerprint density at radius 2 is 1.96 bits per heavy atom. The fraction of sp³-hybridized carbons (Fsp3) is 0.158. The van der Waals surface area contributed by atoms with Crippen LogP contribution in [0.2, 0.25) is 0 Å². The first-order valence-corrected chi connectivity index (χ1v) is 8.47. The van der Waals surface area contributed by atoms with E-state index in [9.17, 15) is 13.2 Å². The quantitative estimate of drug-likeness (QED) is 0.614. The normalized spacial score (nSPS) is 11.2. The van der Waals surface area contributed by atoms with Gasteiger partial charge in [0, 0.05) is 24.6 Å². The molecular weight excluding hydrogens is 375 g/mol. The molecule has 0 saturated carbocycles. The Morgan fingerprint density at radius 3 is 2.63 bits per heavy atom. The van der Waals surface area contributed by atoms with Crippen LogP contribution in [0.3, 0.4) is 0 Å². The second kappa shape index (κ2) is 8.22. The second-order valence-electron chi connectivity index (χ2n) is 5.81. The maximum Gasteiger partial charge on any atom is 0.416 e. The molecule has 1 aromatic carbocycles. The lowest BCUT2D eigenvalue weighted by atomic mass is 10.2. The maximum atomic E-state index is 12.9. The summed E-state index contributed by atoms with van der Waals surface area (Å²) in [6.07, 6.45) is 0.519. The van der Waals surface area contributed by atoms with Crippen molar-refractivity contribution in [2.75, 3.05) is 5.32 Å². The van der Waals surface area contributed by atoms with E-state index in [2.05, 4.69) is 10.3 Å². The van der Waals surface area contributed by atoms with Crippen LogP contribution in [-0.4, -0.2) is 15.0 Å². The number of nitrogens with zero attached hydrogens (tertiary/aromatic N) is 2.